The number of thioether (sulfide) groups is 1. The van der Waals surface area contributed by atoms with Crippen molar-refractivity contribution in [1.29, 1.82) is 0 Å². The van der Waals surface area contributed by atoms with Crippen LogP contribution in [0.4, 0.5) is 5.69 Å². The Morgan fingerprint density at radius 2 is 1.56 bits per heavy atom. The molecule has 1 amide bonds. The van der Waals surface area contributed by atoms with Crippen molar-refractivity contribution in [2.45, 2.75) is 31.5 Å². The molecule has 180 valence electrons. The molecule has 4 aromatic rings. The number of rotatable bonds is 6. The highest BCUT2D eigenvalue weighted by molar-refractivity contribution is 7.99. The molecule has 36 heavy (non-hydrogen) atoms. The number of anilines is 1. The van der Waals surface area contributed by atoms with Crippen LogP contribution in [0.15, 0.2) is 76.7 Å². The summed E-state index contributed by atoms with van der Waals surface area (Å²) in [7, 11) is 0. The predicted molar refractivity (Wildman–Crippen MR) is 140 cm³/mol. The second-order valence-electron chi connectivity index (χ2n) is 8.64. The average molecular weight is 498 g/mol. The predicted octanol–water partition coefficient (Wildman–Crippen LogP) is 4.87. The number of amides is 1. The lowest BCUT2D eigenvalue weighted by Gasteiger charge is -2.19. The fourth-order valence-electron chi connectivity index (χ4n) is 4.30. The molecule has 8 heteroatoms. The maximum absolute atomic E-state index is 13.1. The number of fused-ring (bicyclic) bond motifs is 3. The van der Waals surface area contributed by atoms with Crippen molar-refractivity contribution in [3.8, 4) is 0 Å². The smallest absolute Gasteiger partial charge is 0.262 e. The van der Waals surface area contributed by atoms with Crippen LogP contribution in [0.25, 0.3) is 10.9 Å². The van der Waals surface area contributed by atoms with Crippen LogP contribution in [0.1, 0.15) is 58.2 Å². The van der Waals surface area contributed by atoms with Crippen LogP contribution < -0.4 is 10.9 Å². The molecule has 0 spiro atoms. The van der Waals surface area contributed by atoms with Crippen LogP contribution in [0.3, 0.4) is 0 Å². The first kappa shape index (κ1) is 23.7. The van der Waals surface area contributed by atoms with Gasteiger partial charge < -0.3 is 5.32 Å². The molecule has 5 rings (SSSR count). The van der Waals surface area contributed by atoms with E-state index in [1.165, 1.54) is 17.8 Å². The van der Waals surface area contributed by atoms with E-state index < -0.39 is 0 Å². The second-order valence-corrected chi connectivity index (χ2v) is 9.59. The third kappa shape index (κ3) is 4.13. The van der Waals surface area contributed by atoms with E-state index in [1.54, 1.807) is 53.1 Å². The quantitative estimate of drug-likeness (QED) is 0.265. The molecule has 1 N–H and O–H groups in total. The highest BCUT2D eigenvalue weighted by Crippen LogP contribution is 2.29. The SMILES string of the molecule is CC[C@H](C)n1c(SCC(=O)Nc2ccc3c(c2)C(=O)c2ccccc2C3=O)nc2ccccc2c1=O. The minimum Gasteiger partial charge on any atom is -0.325 e. The number of aromatic nitrogens is 2. The Bertz CT molecular complexity index is 1610. The highest BCUT2D eigenvalue weighted by atomic mass is 32.2. The lowest BCUT2D eigenvalue weighted by Crippen LogP contribution is -2.26. The van der Waals surface area contributed by atoms with Gasteiger partial charge in [-0.15, -0.1) is 0 Å². The van der Waals surface area contributed by atoms with E-state index in [0.29, 0.717) is 38.4 Å². The van der Waals surface area contributed by atoms with Gasteiger partial charge in [0.1, 0.15) is 0 Å². The number of nitrogens with zero attached hydrogens (tertiary/aromatic N) is 2. The summed E-state index contributed by atoms with van der Waals surface area (Å²) in [5.41, 5.74) is 2.22. The van der Waals surface area contributed by atoms with Crippen molar-refractivity contribution in [2.75, 3.05) is 11.1 Å². The Labute approximate surface area is 211 Å². The molecule has 0 radical (unpaired) electrons. The largest absolute Gasteiger partial charge is 0.325 e. The lowest BCUT2D eigenvalue weighted by atomic mass is 9.84. The number of benzene rings is 3. The normalized spacial score (nSPS) is 13.3. The number of carbonyl (C=O) groups is 3. The molecule has 0 bridgehead atoms. The van der Waals surface area contributed by atoms with Crippen LogP contribution >= 0.6 is 11.8 Å². The fraction of sp³-hybridized carbons (Fsp3) is 0.179. The Balaban J connectivity index is 1.37. The zero-order valence-electron chi connectivity index (χ0n) is 19.8. The number of nitrogens with one attached hydrogen (secondary N) is 1. The monoisotopic (exact) mass is 497 g/mol. The number of hydrogen-bond acceptors (Lipinski definition) is 6. The van der Waals surface area contributed by atoms with Gasteiger partial charge >= 0.3 is 0 Å². The molecule has 1 aliphatic carbocycles. The standard InChI is InChI=1S/C28H23N3O4S/c1-3-16(2)31-27(35)21-10-6-7-11-23(21)30-28(31)36-15-24(32)29-17-12-13-20-22(14-17)26(34)19-9-5-4-8-18(19)25(20)33/h4-14,16H,3,15H2,1-2H3,(H,29,32)/t16-/m0/s1. The maximum atomic E-state index is 13.1. The summed E-state index contributed by atoms with van der Waals surface area (Å²) in [4.78, 5) is 56.3. The number of carbonyl (C=O) groups excluding carboxylic acids is 3. The van der Waals surface area contributed by atoms with Gasteiger partial charge in [-0.2, -0.15) is 0 Å². The third-order valence-electron chi connectivity index (χ3n) is 6.35. The Morgan fingerprint density at radius 1 is 0.917 bits per heavy atom. The molecule has 0 fully saturated rings. The first-order valence-corrected chi connectivity index (χ1v) is 12.6. The van der Waals surface area contributed by atoms with E-state index in [2.05, 4.69) is 10.3 Å². The van der Waals surface area contributed by atoms with Crippen molar-refractivity contribution in [2.24, 2.45) is 0 Å². The molecule has 7 nitrogen and oxygen atoms in total. The van der Waals surface area contributed by atoms with Gasteiger partial charge in [0, 0.05) is 34.0 Å². The van der Waals surface area contributed by atoms with Gasteiger partial charge in [0.25, 0.3) is 5.56 Å². The minimum absolute atomic E-state index is 0.0218. The highest BCUT2D eigenvalue weighted by Gasteiger charge is 2.29. The molecule has 1 heterocycles. The van der Waals surface area contributed by atoms with Crippen LogP contribution in [0.5, 0.6) is 0 Å². The number of para-hydroxylation sites is 1. The Hall–Kier alpha value is -4.04. The van der Waals surface area contributed by atoms with Crippen LogP contribution in [-0.2, 0) is 4.79 Å². The summed E-state index contributed by atoms with van der Waals surface area (Å²) >= 11 is 1.19. The van der Waals surface area contributed by atoms with Crippen molar-refractivity contribution in [3.63, 3.8) is 0 Å². The number of hydrogen-bond donors (Lipinski definition) is 1. The molecule has 0 aliphatic heterocycles. The second kappa shape index (κ2) is 9.54. The van der Waals surface area contributed by atoms with Gasteiger partial charge in [0.15, 0.2) is 16.7 Å². The fourth-order valence-corrected chi connectivity index (χ4v) is 5.20. The zero-order valence-corrected chi connectivity index (χ0v) is 20.6. The summed E-state index contributed by atoms with van der Waals surface area (Å²) in [6.45, 7) is 3.94. The molecule has 1 atom stereocenters. The molecule has 3 aromatic carbocycles. The molecule has 1 aliphatic rings. The molecule has 0 saturated heterocycles. The summed E-state index contributed by atoms with van der Waals surface area (Å²) in [6.07, 6.45) is 0.741. The molecule has 0 saturated carbocycles. The van der Waals surface area contributed by atoms with Gasteiger partial charge in [0.2, 0.25) is 5.91 Å². The summed E-state index contributed by atoms with van der Waals surface area (Å²) < 4.78 is 1.64. The summed E-state index contributed by atoms with van der Waals surface area (Å²) in [5.74, 6) is -0.746. The first-order chi connectivity index (χ1) is 17.4. The molecule has 1 aromatic heterocycles. The van der Waals surface area contributed by atoms with Gasteiger partial charge in [-0.3, -0.25) is 23.7 Å². The van der Waals surface area contributed by atoms with Gasteiger partial charge in [-0.1, -0.05) is 55.1 Å². The van der Waals surface area contributed by atoms with Gasteiger partial charge in [-0.05, 0) is 43.7 Å². The number of ketones is 2. The van der Waals surface area contributed by atoms with Crippen molar-refractivity contribution >= 4 is 45.8 Å². The van der Waals surface area contributed by atoms with Crippen LogP contribution in [-0.4, -0.2) is 32.8 Å². The van der Waals surface area contributed by atoms with E-state index in [9.17, 15) is 19.2 Å². The van der Waals surface area contributed by atoms with Gasteiger partial charge in [-0.25, -0.2) is 4.98 Å². The van der Waals surface area contributed by atoms with E-state index in [-0.39, 0.29) is 40.4 Å². The van der Waals surface area contributed by atoms with Crippen LogP contribution in [0.2, 0.25) is 0 Å². The topological polar surface area (TPSA) is 98.1 Å². The van der Waals surface area contributed by atoms with Crippen LogP contribution in [0, 0.1) is 0 Å². The van der Waals surface area contributed by atoms with Crippen molar-refractivity contribution < 1.29 is 14.4 Å². The average Bonchev–Trinajstić information content (AvgIpc) is 2.90. The van der Waals surface area contributed by atoms with Gasteiger partial charge in [0.05, 0.1) is 16.7 Å². The van der Waals surface area contributed by atoms with Crippen molar-refractivity contribution in [1.82, 2.24) is 9.55 Å². The molecule has 0 unspecified atom stereocenters. The molecular weight excluding hydrogens is 474 g/mol. The van der Waals surface area contributed by atoms with E-state index in [1.807, 2.05) is 26.0 Å². The summed E-state index contributed by atoms with van der Waals surface area (Å²) in [5, 5.41) is 3.82. The third-order valence-corrected chi connectivity index (χ3v) is 7.30. The minimum atomic E-state index is -0.312. The first-order valence-electron chi connectivity index (χ1n) is 11.7. The maximum Gasteiger partial charge on any atom is 0.262 e. The van der Waals surface area contributed by atoms with E-state index in [0.717, 1.165) is 6.42 Å². The Kier molecular flexibility index (Phi) is 6.28. The van der Waals surface area contributed by atoms with E-state index in [4.69, 9.17) is 0 Å². The van der Waals surface area contributed by atoms with E-state index >= 15 is 0 Å². The Morgan fingerprint density at radius 3 is 2.28 bits per heavy atom. The summed E-state index contributed by atoms with van der Waals surface area (Å²) in [6, 6.07) is 18.5. The molecular formula is C28H23N3O4S. The lowest BCUT2D eigenvalue weighted by molar-refractivity contribution is -0.113. The zero-order chi connectivity index (χ0) is 25.4. The van der Waals surface area contributed by atoms with Crippen molar-refractivity contribution in [3.05, 3.63) is 99.3 Å².